The predicted molar refractivity (Wildman–Crippen MR) is 71.6 cm³/mol. The molecule has 100 valence electrons. The molecule has 0 saturated carbocycles. The number of nitrogen functional groups attached to an aromatic ring is 1. The first-order valence-electron chi connectivity index (χ1n) is 5.55. The van der Waals surface area contributed by atoms with Gasteiger partial charge in [0, 0.05) is 23.7 Å². The van der Waals surface area contributed by atoms with E-state index in [1.165, 1.54) is 0 Å². The number of ether oxygens (including phenoxy) is 1. The summed E-state index contributed by atoms with van der Waals surface area (Å²) in [5.41, 5.74) is 6.14. The molecule has 2 atom stereocenters. The van der Waals surface area contributed by atoms with Crippen molar-refractivity contribution in [3.05, 3.63) is 24.3 Å². The third-order valence-corrected chi connectivity index (χ3v) is 3.55. The van der Waals surface area contributed by atoms with Crippen molar-refractivity contribution in [1.82, 2.24) is 5.32 Å². The van der Waals surface area contributed by atoms with Crippen LogP contribution in [-0.2, 0) is 20.3 Å². The molecular formula is C12H18N2O3S. The second-order valence-electron chi connectivity index (χ2n) is 3.98. The Bertz CT molecular complexity index is 420. The van der Waals surface area contributed by atoms with E-state index in [2.05, 4.69) is 5.32 Å². The van der Waals surface area contributed by atoms with Gasteiger partial charge in [0.25, 0.3) is 0 Å². The summed E-state index contributed by atoms with van der Waals surface area (Å²) in [6.45, 7) is 2.26. The van der Waals surface area contributed by atoms with Crippen LogP contribution in [0.25, 0.3) is 0 Å². The minimum Gasteiger partial charge on any atom is -0.399 e. The summed E-state index contributed by atoms with van der Waals surface area (Å²) in [6, 6.07) is 6.57. The SMILES string of the molecule is COCC(C)NC(=O)CS(=O)c1ccc(N)cc1. The number of carbonyl (C=O) groups excluding carboxylic acids is 1. The Balaban J connectivity index is 2.49. The molecule has 2 unspecified atom stereocenters. The molecule has 1 aromatic rings. The van der Waals surface area contributed by atoms with E-state index in [-0.39, 0.29) is 17.7 Å². The van der Waals surface area contributed by atoms with Gasteiger partial charge in [-0.1, -0.05) is 0 Å². The van der Waals surface area contributed by atoms with E-state index in [9.17, 15) is 9.00 Å². The lowest BCUT2D eigenvalue weighted by Crippen LogP contribution is -2.38. The largest absolute Gasteiger partial charge is 0.399 e. The zero-order valence-electron chi connectivity index (χ0n) is 10.5. The van der Waals surface area contributed by atoms with Gasteiger partial charge in [-0.15, -0.1) is 0 Å². The smallest absolute Gasteiger partial charge is 0.233 e. The number of methoxy groups -OCH3 is 1. The predicted octanol–water partition coefficient (Wildman–Crippen LogP) is 0.527. The number of benzene rings is 1. The molecule has 18 heavy (non-hydrogen) atoms. The summed E-state index contributed by atoms with van der Waals surface area (Å²) < 4.78 is 16.8. The molecule has 6 heteroatoms. The van der Waals surface area contributed by atoms with Gasteiger partial charge in [0.1, 0.15) is 5.75 Å². The fraction of sp³-hybridized carbons (Fsp3) is 0.417. The minimum atomic E-state index is -1.35. The van der Waals surface area contributed by atoms with Crippen molar-refractivity contribution in [1.29, 1.82) is 0 Å². The maximum atomic E-state index is 11.9. The summed E-state index contributed by atoms with van der Waals surface area (Å²) >= 11 is 0. The van der Waals surface area contributed by atoms with E-state index in [0.717, 1.165) is 0 Å². The highest BCUT2D eigenvalue weighted by atomic mass is 32.2. The first kappa shape index (κ1) is 14.7. The van der Waals surface area contributed by atoms with Gasteiger partial charge in [-0.3, -0.25) is 9.00 Å². The van der Waals surface area contributed by atoms with Crippen LogP contribution in [0.5, 0.6) is 0 Å². The number of carbonyl (C=O) groups is 1. The number of hydrogen-bond acceptors (Lipinski definition) is 4. The Hall–Kier alpha value is -1.40. The van der Waals surface area contributed by atoms with Gasteiger partial charge in [-0.2, -0.15) is 0 Å². The Morgan fingerprint density at radius 1 is 1.44 bits per heavy atom. The zero-order chi connectivity index (χ0) is 13.5. The quantitative estimate of drug-likeness (QED) is 0.739. The second-order valence-corrected chi connectivity index (χ2v) is 5.43. The summed E-state index contributed by atoms with van der Waals surface area (Å²) in [5.74, 6) is -0.312. The lowest BCUT2D eigenvalue weighted by molar-refractivity contribution is -0.119. The minimum absolute atomic E-state index is 0.0576. The van der Waals surface area contributed by atoms with Gasteiger partial charge in [0.05, 0.1) is 17.4 Å². The number of rotatable bonds is 6. The normalized spacial score (nSPS) is 13.9. The molecule has 1 amide bonds. The molecule has 1 rings (SSSR count). The van der Waals surface area contributed by atoms with Crippen molar-refractivity contribution in [3.63, 3.8) is 0 Å². The average Bonchev–Trinajstić information content (AvgIpc) is 2.29. The van der Waals surface area contributed by atoms with Crippen LogP contribution < -0.4 is 11.1 Å². The molecule has 0 fully saturated rings. The van der Waals surface area contributed by atoms with Gasteiger partial charge in [-0.05, 0) is 31.2 Å². The van der Waals surface area contributed by atoms with Gasteiger partial charge in [-0.25, -0.2) is 0 Å². The molecule has 0 heterocycles. The summed E-state index contributed by atoms with van der Waals surface area (Å²) in [6.07, 6.45) is 0. The lowest BCUT2D eigenvalue weighted by Gasteiger charge is -2.12. The van der Waals surface area contributed by atoms with Crippen molar-refractivity contribution in [3.8, 4) is 0 Å². The van der Waals surface area contributed by atoms with E-state index in [1.54, 1.807) is 31.4 Å². The van der Waals surface area contributed by atoms with Crippen LogP contribution in [0, 0.1) is 0 Å². The van der Waals surface area contributed by atoms with Crippen molar-refractivity contribution in [2.75, 3.05) is 25.2 Å². The zero-order valence-corrected chi connectivity index (χ0v) is 11.3. The second kappa shape index (κ2) is 7.13. The molecular weight excluding hydrogens is 252 g/mol. The highest BCUT2D eigenvalue weighted by Crippen LogP contribution is 2.09. The molecule has 0 aromatic heterocycles. The van der Waals surface area contributed by atoms with Gasteiger partial charge >= 0.3 is 0 Å². The molecule has 0 radical (unpaired) electrons. The van der Waals surface area contributed by atoms with Crippen LogP contribution in [0.15, 0.2) is 29.2 Å². The van der Waals surface area contributed by atoms with Crippen LogP contribution in [-0.4, -0.2) is 35.6 Å². The number of nitrogens with two attached hydrogens (primary N) is 1. The molecule has 0 aliphatic rings. The molecule has 5 nitrogen and oxygen atoms in total. The summed E-state index contributed by atoms with van der Waals surface area (Å²) in [5, 5.41) is 2.71. The van der Waals surface area contributed by atoms with Crippen LogP contribution in [0.4, 0.5) is 5.69 Å². The van der Waals surface area contributed by atoms with Gasteiger partial charge in [0.15, 0.2) is 0 Å². The maximum Gasteiger partial charge on any atom is 0.233 e. The number of nitrogens with one attached hydrogen (secondary N) is 1. The van der Waals surface area contributed by atoms with Gasteiger partial charge < -0.3 is 15.8 Å². The van der Waals surface area contributed by atoms with Crippen LogP contribution >= 0.6 is 0 Å². The fourth-order valence-corrected chi connectivity index (χ4v) is 2.36. The van der Waals surface area contributed by atoms with Crippen molar-refractivity contribution in [2.24, 2.45) is 0 Å². The lowest BCUT2D eigenvalue weighted by atomic mass is 10.3. The third kappa shape index (κ3) is 4.85. The molecule has 3 N–H and O–H groups in total. The third-order valence-electron chi connectivity index (χ3n) is 2.23. The van der Waals surface area contributed by atoms with E-state index in [4.69, 9.17) is 10.5 Å². The van der Waals surface area contributed by atoms with Gasteiger partial charge in [0.2, 0.25) is 5.91 Å². The van der Waals surface area contributed by atoms with Crippen molar-refractivity contribution >= 4 is 22.4 Å². The van der Waals surface area contributed by atoms with Crippen molar-refractivity contribution < 1.29 is 13.7 Å². The average molecular weight is 270 g/mol. The van der Waals surface area contributed by atoms with Crippen LogP contribution in [0.2, 0.25) is 0 Å². The summed E-state index contributed by atoms with van der Waals surface area (Å²) in [7, 11) is 0.214. The van der Waals surface area contributed by atoms with Crippen LogP contribution in [0.1, 0.15) is 6.92 Å². The van der Waals surface area contributed by atoms with Crippen LogP contribution in [0.3, 0.4) is 0 Å². The number of anilines is 1. The van der Waals surface area contributed by atoms with E-state index in [0.29, 0.717) is 17.2 Å². The Kier molecular flexibility index (Phi) is 5.80. The molecule has 1 aromatic carbocycles. The summed E-state index contributed by atoms with van der Waals surface area (Å²) in [4.78, 5) is 12.2. The van der Waals surface area contributed by atoms with Crippen molar-refractivity contribution in [2.45, 2.75) is 17.9 Å². The monoisotopic (exact) mass is 270 g/mol. The highest BCUT2D eigenvalue weighted by Gasteiger charge is 2.12. The van der Waals surface area contributed by atoms with E-state index >= 15 is 0 Å². The first-order chi connectivity index (χ1) is 8.52. The van der Waals surface area contributed by atoms with E-state index < -0.39 is 10.8 Å². The molecule has 0 aliphatic heterocycles. The fourth-order valence-electron chi connectivity index (χ4n) is 1.43. The number of amides is 1. The molecule has 0 spiro atoms. The standard InChI is InChI=1S/C12H18N2O3S/c1-9(7-17-2)14-12(15)8-18(16)11-5-3-10(13)4-6-11/h3-6,9H,7-8,13H2,1-2H3,(H,14,15). The molecule has 0 aliphatic carbocycles. The first-order valence-corrected chi connectivity index (χ1v) is 6.87. The Morgan fingerprint density at radius 3 is 2.61 bits per heavy atom. The maximum absolute atomic E-state index is 11.9. The Morgan fingerprint density at radius 2 is 2.06 bits per heavy atom. The molecule has 0 saturated heterocycles. The topological polar surface area (TPSA) is 81.4 Å². The molecule has 0 bridgehead atoms. The van der Waals surface area contributed by atoms with E-state index in [1.807, 2.05) is 6.92 Å². The highest BCUT2D eigenvalue weighted by molar-refractivity contribution is 7.85. The Labute approximate surface area is 109 Å². The number of hydrogen-bond donors (Lipinski definition) is 2.